The Bertz CT molecular complexity index is 4610. The summed E-state index contributed by atoms with van der Waals surface area (Å²) in [6.07, 6.45) is 1.84. The second kappa shape index (κ2) is 18.2. The molecule has 0 saturated heterocycles. The molecule has 5 aromatic heterocycles. The van der Waals surface area contributed by atoms with Crippen LogP contribution in [0, 0.1) is 0 Å². The van der Waals surface area contributed by atoms with Gasteiger partial charge in [-0.25, -0.2) is 15.0 Å². The van der Waals surface area contributed by atoms with Crippen molar-refractivity contribution in [3.05, 3.63) is 255 Å². The van der Waals surface area contributed by atoms with E-state index in [4.69, 9.17) is 19.9 Å². The highest BCUT2D eigenvalue weighted by atomic mass is 32.1. The molecule has 0 saturated carbocycles. The van der Waals surface area contributed by atoms with Gasteiger partial charge in [-0.3, -0.25) is 4.98 Å². The van der Waals surface area contributed by atoms with Crippen LogP contribution < -0.4 is 0 Å². The van der Waals surface area contributed by atoms with Gasteiger partial charge in [0.05, 0.1) is 28.1 Å². The molecule has 6 heteroatoms. The van der Waals surface area contributed by atoms with Gasteiger partial charge < -0.3 is 0 Å². The number of aromatic nitrogens is 4. The van der Waals surface area contributed by atoms with Gasteiger partial charge in [0, 0.05) is 79.6 Å². The molecule has 0 aliphatic rings. The number of rotatable bonds is 8. The molecule has 0 amide bonds. The molecule has 15 rings (SSSR count). The standard InChI is InChI=1S/C70H42N4S2/c1-2-12-45(13-3-1)70-73-62(53-19-10-18-52(36-53)61-30-27-44-26-25-43-20-11-33-71-68(43)69(44)72-61)42-63(74-70)56-38-54(48-16-8-14-46(34-48)50-28-31-66-59(40-50)57-21-4-6-23-64(57)75-66)37-55(39-56)49-17-9-15-47(35-49)51-29-32-67-60(41-51)58-22-5-7-24-65(58)76-67/h1-42H. The van der Waals surface area contributed by atoms with Crippen molar-refractivity contribution in [2.24, 2.45) is 0 Å². The Labute approximate surface area is 446 Å². The lowest BCUT2D eigenvalue weighted by Gasteiger charge is -2.15. The number of thiophene rings is 2. The van der Waals surface area contributed by atoms with Crippen LogP contribution in [-0.2, 0) is 0 Å². The Kier molecular flexibility index (Phi) is 10.5. The van der Waals surface area contributed by atoms with Crippen molar-refractivity contribution in [1.82, 2.24) is 19.9 Å². The maximum Gasteiger partial charge on any atom is 0.160 e. The summed E-state index contributed by atoms with van der Waals surface area (Å²) < 4.78 is 5.21. The summed E-state index contributed by atoms with van der Waals surface area (Å²) in [4.78, 5) is 20.7. The van der Waals surface area contributed by atoms with Crippen LogP contribution in [0.3, 0.4) is 0 Å². The van der Waals surface area contributed by atoms with Crippen molar-refractivity contribution in [2.45, 2.75) is 0 Å². The van der Waals surface area contributed by atoms with E-state index in [1.165, 1.54) is 62.6 Å². The van der Waals surface area contributed by atoms with Crippen LogP contribution in [0.5, 0.6) is 0 Å². The van der Waals surface area contributed by atoms with Crippen LogP contribution in [0.15, 0.2) is 255 Å². The first-order chi connectivity index (χ1) is 37.6. The van der Waals surface area contributed by atoms with Gasteiger partial charge in [-0.1, -0.05) is 158 Å². The van der Waals surface area contributed by atoms with E-state index in [1.807, 2.05) is 53.1 Å². The van der Waals surface area contributed by atoms with Crippen molar-refractivity contribution in [3.63, 3.8) is 0 Å². The first kappa shape index (κ1) is 44.1. The maximum absolute atomic E-state index is 5.41. The fourth-order valence-corrected chi connectivity index (χ4v) is 13.0. The van der Waals surface area contributed by atoms with E-state index in [9.17, 15) is 0 Å². The molecule has 10 aromatic carbocycles. The van der Waals surface area contributed by atoms with Crippen LogP contribution >= 0.6 is 22.7 Å². The number of hydrogen-bond acceptors (Lipinski definition) is 6. The molecule has 15 aromatic rings. The third-order valence-electron chi connectivity index (χ3n) is 14.7. The number of fused-ring (bicyclic) bond motifs is 9. The summed E-state index contributed by atoms with van der Waals surface area (Å²) in [5, 5.41) is 7.30. The van der Waals surface area contributed by atoms with E-state index < -0.39 is 0 Å². The van der Waals surface area contributed by atoms with Gasteiger partial charge in [0.2, 0.25) is 0 Å². The van der Waals surface area contributed by atoms with E-state index in [1.54, 1.807) is 0 Å². The molecular weight excluding hydrogens is 961 g/mol. The van der Waals surface area contributed by atoms with Crippen molar-refractivity contribution >= 4 is 84.8 Å². The number of nitrogens with zero attached hydrogens (tertiary/aromatic N) is 4. The molecule has 0 N–H and O–H groups in total. The Morgan fingerprint density at radius 2 is 0.684 bits per heavy atom. The van der Waals surface area contributed by atoms with Crippen molar-refractivity contribution in [2.75, 3.05) is 0 Å². The minimum absolute atomic E-state index is 0.656. The van der Waals surface area contributed by atoms with Crippen LogP contribution in [0.1, 0.15) is 0 Å². The molecule has 0 fully saturated rings. The summed E-state index contributed by atoms with van der Waals surface area (Å²) in [7, 11) is 0. The maximum atomic E-state index is 5.41. The lowest BCUT2D eigenvalue weighted by atomic mass is 9.91. The fourth-order valence-electron chi connectivity index (χ4n) is 10.9. The van der Waals surface area contributed by atoms with Crippen LogP contribution in [0.25, 0.3) is 152 Å². The lowest BCUT2D eigenvalue weighted by Crippen LogP contribution is -1.97. The second-order valence-corrected chi connectivity index (χ2v) is 21.6. The average Bonchev–Trinajstić information content (AvgIpc) is 4.07. The quantitative estimate of drug-likeness (QED) is 0.142. The van der Waals surface area contributed by atoms with E-state index in [-0.39, 0.29) is 0 Å². The molecular formula is C70H42N4S2. The molecule has 0 aliphatic heterocycles. The molecule has 5 heterocycles. The minimum Gasteiger partial charge on any atom is -0.254 e. The molecule has 0 atom stereocenters. The van der Waals surface area contributed by atoms with Gasteiger partial charge in [-0.05, 0) is 136 Å². The second-order valence-electron chi connectivity index (χ2n) is 19.4. The average molecular weight is 1000 g/mol. The van der Waals surface area contributed by atoms with Crippen LogP contribution in [0.4, 0.5) is 0 Å². The van der Waals surface area contributed by atoms with Crippen molar-refractivity contribution in [3.8, 4) is 89.7 Å². The van der Waals surface area contributed by atoms with Gasteiger partial charge in [-0.15, -0.1) is 22.7 Å². The van der Waals surface area contributed by atoms with Gasteiger partial charge in [-0.2, -0.15) is 0 Å². The molecule has 4 nitrogen and oxygen atoms in total. The highest BCUT2D eigenvalue weighted by Gasteiger charge is 2.17. The van der Waals surface area contributed by atoms with Crippen molar-refractivity contribution in [1.29, 1.82) is 0 Å². The van der Waals surface area contributed by atoms with E-state index in [0.717, 1.165) is 83.4 Å². The zero-order chi connectivity index (χ0) is 50.1. The third-order valence-corrected chi connectivity index (χ3v) is 17.0. The lowest BCUT2D eigenvalue weighted by molar-refractivity contribution is 1.18. The zero-order valence-corrected chi connectivity index (χ0v) is 42.5. The van der Waals surface area contributed by atoms with Gasteiger partial charge >= 0.3 is 0 Å². The minimum atomic E-state index is 0.656. The van der Waals surface area contributed by atoms with Crippen LogP contribution in [0.2, 0.25) is 0 Å². The topological polar surface area (TPSA) is 51.6 Å². The normalized spacial score (nSPS) is 11.7. The Morgan fingerprint density at radius 1 is 0.237 bits per heavy atom. The first-order valence-corrected chi connectivity index (χ1v) is 27.1. The highest BCUT2D eigenvalue weighted by Crippen LogP contribution is 2.41. The highest BCUT2D eigenvalue weighted by molar-refractivity contribution is 7.26. The predicted octanol–water partition coefficient (Wildman–Crippen LogP) is 19.6. The Morgan fingerprint density at radius 3 is 1.32 bits per heavy atom. The van der Waals surface area contributed by atoms with Crippen molar-refractivity contribution < 1.29 is 0 Å². The molecule has 0 unspecified atom stereocenters. The molecule has 0 spiro atoms. The number of benzene rings is 10. The van der Waals surface area contributed by atoms with E-state index >= 15 is 0 Å². The Balaban J connectivity index is 0.889. The molecule has 76 heavy (non-hydrogen) atoms. The van der Waals surface area contributed by atoms with Gasteiger partial charge in [0.25, 0.3) is 0 Å². The number of hydrogen-bond donors (Lipinski definition) is 0. The van der Waals surface area contributed by atoms with Gasteiger partial charge in [0.1, 0.15) is 0 Å². The molecule has 0 bridgehead atoms. The smallest absolute Gasteiger partial charge is 0.160 e. The fraction of sp³-hybridized carbons (Fsp3) is 0. The first-order valence-electron chi connectivity index (χ1n) is 25.5. The SMILES string of the molecule is c1ccc(-c2nc(-c3cc(-c4cccc(-c5ccc6sc7ccccc7c6c5)c4)cc(-c4cccc(-c5ccc6sc7ccccc7c6c5)c4)c3)cc(-c3cccc(-c4ccc5ccc6cccnc6c5n4)c3)n2)cc1. The summed E-state index contributed by atoms with van der Waals surface area (Å²) in [6, 6.07) is 89.6. The molecule has 0 radical (unpaired) electrons. The summed E-state index contributed by atoms with van der Waals surface area (Å²) >= 11 is 3.70. The number of pyridine rings is 2. The van der Waals surface area contributed by atoms with E-state index in [0.29, 0.717) is 5.82 Å². The summed E-state index contributed by atoms with van der Waals surface area (Å²) in [6.45, 7) is 0. The summed E-state index contributed by atoms with van der Waals surface area (Å²) in [5.74, 6) is 0.656. The predicted molar refractivity (Wildman–Crippen MR) is 322 cm³/mol. The summed E-state index contributed by atoms with van der Waals surface area (Å²) in [5.41, 5.74) is 17.4. The molecule has 354 valence electrons. The Hall–Kier alpha value is -9.46. The third kappa shape index (κ3) is 7.91. The van der Waals surface area contributed by atoms with Crippen LogP contribution in [-0.4, -0.2) is 19.9 Å². The van der Waals surface area contributed by atoms with Gasteiger partial charge in [0.15, 0.2) is 5.82 Å². The monoisotopic (exact) mass is 1000 g/mol. The molecule has 0 aliphatic carbocycles. The van der Waals surface area contributed by atoms with E-state index in [2.05, 4.69) is 224 Å². The largest absolute Gasteiger partial charge is 0.254 e. The zero-order valence-electron chi connectivity index (χ0n) is 40.9.